The zero-order valence-electron chi connectivity index (χ0n) is 9.22. The Hall–Kier alpha value is -1.16. The van der Waals surface area contributed by atoms with Gasteiger partial charge in [0.15, 0.2) is 0 Å². The molecule has 1 aliphatic rings. The number of methoxy groups -OCH3 is 1. The summed E-state index contributed by atoms with van der Waals surface area (Å²) >= 11 is 0. The van der Waals surface area contributed by atoms with Crippen LogP contribution >= 0.6 is 0 Å². The number of rotatable bonds is 3. The van der Waals surface area contributed by atoms with Gasteiger partial charge in [0.2, 0.25) is 0 Å². The van der Waals surface area contributed by atoms with Gasteiger partial charge in [0.1, 0.15) is 17.4 Å². The average molecular weight is 227 g/mol. The Kier molecular flexibility index (Phi) is 2.84. The molecule has 1 fully saturated rings. The van der Waals surface area contributed by atoms with Crippen LogP contribution in [0.5, 0.6) is 5.75 Å². The van der Waals surface area contributed by atoms with Crippen molar-refractivity contribution in [3.8, 4) is 5.75 Å². The molecule has 0 heterocycles. The van der Waals surface area contributed by atoms with E-state index >= 15 is 0 Å². The molecule has 2 rings (SSSR count). The standard InChI is InChI=1S/C12H15F2NO/c1-16-10-6-8(13)5-9(14)11(10)12(7-15)3-2-4-12/h5-6H,2-4,7,15H2,1H3. The van der Waals surface area contributed by atoms with Gasteiger partial charge < -0.3 is 10.5 Å². The van der Waals surface area contributed by atoms with Gasteiger partial charge in [-0.05, 0) is 12.8 Å². The van der Waals surface area contributed by atoms with E-state index in [1.54, 1.807) is 0 Å². The lowest BCUT2D eigenvalue weighted by molar-refractivity contribution is 0.234. The highest BCUT2D eigenvalue weighted by atomic mass is 19.1. The van der Waals surface area contributed by atoms with Crippen LogP contribution in [-0.2, 0) is 5.41 Å². The van der Waals surface area contributed by atoms with Gasteiger partial charge in [-0.1, -0.05) is 6.42 Å². The maximum Gasteiger partial charge on any atom is 0.133 e. The fourth-order valence-electron chi connectivity index (χ4n) is 2.39. The zero-order valence-corrected chi connectivity index (χ0v) is 9.22. The fraction of sp³-hybridized carbons (Fsp3) is 0.500. The molecule has 0 radical (unpaired) electrons. The molecule has 1 saturated carbocycles. The number of hydrogen-bond donors (Lipinski definition) is 1. The lowest BCUT2D eigenvalue weighted by Crippen LogP contribution is -2.42. The normalized spacial score (nSPS) is 18.0. The first-order valence-electron chi connectivity index (χ1n) is 5.36. The van der Waals surface area contributed by atoms with E-state index in [4.69, 9.17) is 10.5 Å². The Labute approximate surface area is 93.4 Å². The summed E-state index contributed by atoms with van der Waals surface area (Å²) in [4.78, 5) is 0. The quantitative estimate of drug-likeness (QED) is 0.860. The van der Waals surface area contributed by atoms with Crippen LogP contribution in [0, 0.1) is 11.6 Å². The van der Waals surface area contributed by atoms with Crippen LogP contribution < -0.4 is 10.5 Å². The number of benzene rings is 1. The molecule has 2 nitrogen and oxygen atoms in total. The van der Waals surface area contributed by atoms with Crippen LogP contribution in [0.4, 0.5) is 8.78 Å². The molecule has 0 spiro atoms. The predicted octanol–water partition coefficient (Wildman–Crippen LogP) is 2.35. The number of halogens is 2. The predicted molar refractivity (Wildman–Crippen MR) is 57.5 cm³/mol. The molecule has 0 atom stereocenters. The van der Waals surface area contributed by atoms with Crippen LogP contribution in [-0.4, -0.2) is 13.7 Å². The van der Waals surface area contributed by atoms with Crippen molar-refractivity contribution in [2.24, 2.45) is 5.73 Å². The lowest BCUT2D eigenvalue weighted by atomic mass is 9.64. The minimum absolute atomic E-state index is 0.266. The monoisotopic (exact) mass is 227 g/mol. The van der Waals surface area contributed by atoms with Crippen LogP contribution in [0.25, 0.3) is 0 Å². The summed E-state index contributed by atoms with van der Waals surface area (Å²) in [6.45, 7) is 0.367. The van der Waals surface area contributed by atoms with Gasteiger partial charge in [-0.2, -0.15) is 0 Å². The molecular weight excluding hydrogens is 212 g/mol. The molecule has 0 aromatic heterocycles. The first-order chi connectivity index (χ1) is 7.63. The third-order valence-corrected chi connectivity index (χ3v) is 3.47. The molecule has 1 aliphatic carbocycles. The molecule has 0 amide bonds. The number of ether oxygens (including phenoxy) is 1. The van der Waals surface area contributed by atoms with Crippen molar-refractivity contribution in [1.29, 1.82) is 0 Å². The highest BCUT2D eigenvalue weighted by Crippen LogP contribution is 2.47. The smallest absolute Gasteiger partial charge is 0.133 e. The van der Waals surface area contributed by atoms with E-state index in [1.807, 2.05) is 0 Å². The molecule has 2 N–H and O–H groups in total. The largest absolute Gasteiger partial charge is 0.496 e. The topological polar surface area (TPSA) is 35.2 Å². The van der Waals surface area contributed by atoms with E-state index in [2.05, 4.69) is 0 Å². The lowest BCUT2D eigenvalue weighted by Gasteiger charge is -2.42. The Morgan fingerprint density at radius 2 is 2.06 bits per heavy atom. The fourth-order valence-corrected chi connectivity index (χ4v) is 2.39. The number of hydrogen-bond acceptors (Lipinski definition) is 2. The molecule has 0 unspecified atom stereocenters. The summed E-state index contributed by atoms with van der Waals surface area (Å²) in [5, 5.41) is 0. The minimum Gasteiger partial charge on any atom is -0.496 e. The highest BCUT2D eigenvalue weighted by Gasteiger charge is 2.41. The van der Waals surface area contributed by atoms with Crippen molar-refractivity contribution in [3.05, 3.63) is 29.3 Å². The third kappa shape index (κ3) is 1.57. The summed E-state index contributed by atoms with van der Waals surface area (Å²) in [7, 11) is 1.42. The first kappa shape index (κ1) is 11.3. The maximum absolute atomic E-state index is 13.8. The first-order valence-corrected chi connectivity index (χ1v) is 5.36. The van der Waals surface area contributed by atoms with E-state index in [1.165, 1.54) is 13.2 Å². The van der Waals surface area contributed by atoms with Crippen molar-refractivity contribution in [1.82, 2.24) is 0 Å². The summed E-state index contributed by atoms with van der Waals surface area (Å²) in [6, 6.07) is 2.11. The molecule has 88 valence electrons. The van der Waals surface area contributed by atoms with Gasteiger partial charge >= 0.3 is 0 Å². The maximum atomic E-state index is 13.8. The van der Waals surface area contributed by atoms with E-state index in [9.17, 15) is 8.78 Å². The molecular formula is C12H15F2NO. The molecule has 0 aliphatic heterocycles. The van der Waals surface area contributed by atoms with Crippen LogP contribution in [0.1, 0.15) is 24.8 Å². The highest BCUT2D eigenvalue weighted by molar-refractivity contribution is 5.43. The second-order valence-electron chi connectivity index (χ2n) is 4.30. The van der Waals surface area contributed by atoms with E-state index in [0.29, 0.717) is 12.1 Å². The van der Waals surface area contributed by atoms with E-state index in [-0.39, 0.29) is 11.2 Å². The molecule has 4 heteroatoms. The molecule has 1 aromatic rings. The van der Waals surface area contributed by atoms with Crippen LogP contribution in [0.3, 0.4) is 0 Å². The Morgan fingerprint density at radius 1 is 1.38 bits per heavy atom. The van der Waals surface area contributed by atoms with Crippen molar-refractivity contribution >= 4 is 0 Å². The van der Waals surface area contributed by atoms with E-state index < -0.39 is 11.6 Å². The number of nitrogens with two attached hydrogens (primary N) is 1. The van der Waals surface area contributed by atoms with Crippen molar-refractivity contribution in [3.63, 3.8) is 0 Å². The van der Waals surface area contributed by atoms with Crippen LogP contribution in [0.15, 0.2) is 12.1 Å². The van der Waals surface area contributed by atoms with Gasteiger partial charge in [-0.25, -0.2) is 8.78 Å². The average Bonchev–Trinajstić information content (AvgIpc) is 2.19. The Balaban J connectivity index is 2.54. The molecule has 1 aromatic carbocycles. The van der Waals surface area contributed by atoms with Crippen molar-refractivity contribution < 1.29 is 13.5 Å². The van der Waals surface area contributed by atoms with Gasteiger partial charge in [0, 0.05) is 29.7 Å². The summed E-state index contributed by atoms with van der Waals surface area (Å²) in [5.41, 5.74) is 5.79. The minimum atomic E-state index is -0.621. The summed E-state index contributed by atoms with van der Waals surface area (Å²) in [5.74, 6) is -0.908. The Bertz CT molecular complexity index is 397. The van der Waals surface area contributed by atoms with Gasteiger partial charge in [0.25, 0.3) is 0 Å². The van der Waals surface area contributed by atoms with E-state index in [0.717, 1.165) is 25.3 Å². The second kappa shape index (κ2) is 4.01. The molecule has 0 bridgehead atoms. The van der Waals surface area contributed by atoms with Gasteiger partial charge in [-0.3, -0.25) is 0 Å². The van der Waals surface area contributed by atoms with Crippen molar-refractivity contribution in [2.45, 2.75) is 24.7 Å². The molecule has 16 heavy (non-hydrogen) atoms. The van der Waals surface area contributed by atoms with Crippen molar-refractivity contribution in [2.75, 3.05) is 13.7 Å². The summed E-state index contributed by atoms with van der Waals surface area (Å²) in [6.07, 6.45) is 2.70. The van der Waals surface area contributed by atoms with Crippen LogP contribution in [0.2, 0.25) is 0 Å². The van der Waals surface area contributed by atoms with Gasteiger partial charge in [-0.15, -0.1) is 0 Å². The molecule has 0 saturated heterocycles. The second-order valence-corrected chi connectivity index (χ2v) is 4.30. The Morgan fingerprint density at radius 3 is 2.50 bits per heavy atom. The zero-order chi connectivity index (χ0) is 11.8. The summed E-state index contributed by atoms with van der Waals surface area (Å²) < 4.78 is 31.9. The van der Waals surface area contributed by atoms with Gasteiger partial charge in [0.05, 0.1) is 7.11 Å². The SMILES string of the molecule is COc1cc(F)cc(F)c1C1(CN)CCC1. The third-order valence-electron chi connectivity index (χ3n) is 3.47.